The van der Waals surface area contributed by atoms with Gasteiger partial charge in [0.15, 0.2) is 0 Å². The molecule has 4 nitrogen and oxygen atoms in total. The van der Waals surface area contributed by atoms with E-state index in [9.17, 15) is 13.2 Å². The van der Waals surface area contributed by atoms with Crippen LogP contribution in [0.15, 0.2) is 12.7 Å². The van der Waals surface area contributed by atoms with E-state index in [-0.39, 0.29) is 22.6 Å². The van der Waals surface area contributed by atoms with Crippen LogP contribution < -0.4 is 0 Å². The van der Waals surface area contributed by atoms with Crippen LogP contribution in [0.25, 0.3) is 0 Å². The van der Waals surface area contributed by atoms with Gasteiger partial charge in [0, 0.05) is 5.41 Å². The molecule has 3 rings (SSSR count). The first-order chi connectivity index (χ1) is 8.26. The molecule has 0 radical (unpaired) electrons. The predicted octanol–water partition coefficient (Wildman–Crippen LogP) is 1.54. The van der Waals surface area contributed by atoms with Gasteiger partial charge >= 0.3 is 0 Å². The zero-order valence-corrected chi connectivity index (χ0v) is 11.7. The zero-order valence-electron chi connectivity index (χ0n) is 10.8. The largest absolute Gasteiger partial charge is 0.269 e. The van der Waals surface area contributed by atoms with E-state index in [0.29, 0.717) is 5.92 Å². The van der Waals surface area contributed by atoms with Gasteiger partial charge in [-0.05, 0) is 36.7 Å². The molecule has 2 aliphatic carbocycles. The van der Waals surface area contributed by atoms with Crippen LogP contribution in [0.2, 0.25) is 0 Å². The SMILES string of the molecule is C=CC(=O)N1C2CC3CC[C@@]2(CS1(=O)=O)C3(C)C. The number of carbonyl (C=O) groups is 1. The second-order valence-corrected chi connectivity index (χ2v) is 8.31. The third-order valence-electron chi connectivity index (χ3n) is 5.80. The molecule has 5 heteroatoms. The van der Waals surface area contributed by atoms with E-state index in [1.54, 1.807) is 0 Å². The highest BCUT2D eigenvalue weighted by atomic mass is 32.2. The topological polar surface area (TPSA) is 54.5 Å². The molecule has 2 saturated carbocycles. The lowest BCUT2D eigenvalue weighted by molar-refractivity contribution is -0.124. The van der Waals surface area contributed by atoms with Crippen molar-refractivity contribution in [2.75, 3.05) is 5.75 Å². The number of carbonyl (C=O) groups excluding carboxylic acids is 1. The molecule has 100 valence electrons. The van der Waals surface area contributed by atoms with Gasteiger partial charge in [-0.15, -0.1) is 0 Å². The molecule has 1 heterocycles. The van der Waals surface area contributed by atoms with Crippen molar-refractivity contribution >= 4 is 15.9 Å². The molecule has 3 fully saturated rings. The summed E-state index contributed by atoms with van der Waals surface area (Å²) in [7, 11) is -3.46. The Morgan fingerprint density at radius 3 is 2.67 bits per heavy atom. The Bertz CT molecular complexity index is 536. The van der Waals surface area contributed by atoms with E-state index >= 15 is 0 Å². The van der Waals surface area contributed by atoms with Gasteiger partial charge in [-0.1, -0.05) is 20.4 Å². The van der Waals surface area contributed by atoms with Crippen molar-refractivity contribution in [3.63, 3.8) is 0 Å². The minimum atomic E-state index is -3.46. The number of hydrogen-bond donors (Lipinski definition) is 0. The molecule has 0 N–H and O–H groups in total. The van der Waals surface area contributed by atoms with Crippen LogP contribution in [-0.4, -0.2) is 30.4 Å². The molecular formula is C13H19NO3S. The van der Waals surface area contributed by atoms with Crippen LogP contribution in [0.3, 0.4) is 0 Å². The summed E-state index contributed by atoms with van der Waals surface area (Å²) in [5.74, 6) is 0.214. The minimum absolute atomic E-state index is 0.0148. The van der Waals surface area contributed by atoms with E-state index in [0.717, 1.165) is 29.6 Å². The summed E-state index contributed by atoms with van der Waals surface area (Å²) in [6, 6.07) is -0.137. The van der Waals surface area contributed by atoms with Gasteiger partial charge in [0.1, 0.15) is 0 Å². The van der Waals surface area contributed by atoms with Crippen molar-refractivity contribution in [1.29, 1.82) is 0 Å². The van der Waals surface area contributed by atoms with Crippen molar-refractivity contribution in [3.05, 3.63) is 12.7 Å². The Morgan fingerprint density at radius 1 is 1.44 bits per heavy atom. The van der Waals surface area contributed by atoms with Crippen LogP contribution >= 0.6 is 0 Å². The van der Waals surface area contributed by atoms with Crippen LogP contribution in [0.4, 0.5) is 0 Å². The number of sulfonamides is 1. The molecule has 1 spiro atoms. The maximum absolute atomic E-state index is 12.3. The first-order valence-corrected chi connectivity index (χ1v) is 8.06. The lowest BCUT2D eigenvalue weighted by Gasteiger charge is -2.36. The highest BCUT2D eigenvalue weighted by Crippen LogP contribution is 2.69. The number of hydrogen-bond acceptors (Lipinski definition) is 3. The number of nitrogens with zero attached hydrogens (tertiary/aromatic N) is 1. The quantitative estimate of drug-likeness (QED) is 0.678. The fourth-order valence-electron chi connectivity index (χ4n) is 4.67. The highest BCUT2D eigenvalue weighted by molar-refractivity contribution is 7.90. The van der Waals surface area contributed by atoms with Gasteiger partial charge in [-0.3, -0.25) is 4.79 Å². The van der Waals surface area contributed by atoms with Crippen molar-refractivity contribution in [2.24, 2.45) is 16.7 Å². The Morgan fingerprint density at radius 2 is 2.11 bits per heavy atom. The molecule has 2 bridgehead atoms. The summed E-state index contributed by atoms with van der Waals surface area (Å²) < 4.78 is 25.7. The van der Waals surface area contributed by atoms with Crippen LogP contribution in [0.5, 0.6) is 0 Å². The molecule has 18 heavy (non-hydrogen) atoms. The van der Waals surface area contributed by atoms with Gasteiger partial charge in [-0.25, -0.2) is 12.7 Å². The van der Waals surface area contributed by atoms with Gasteiger partial charge in [0.05, 0.1) is 11.8 Å². The van der Waals surface area contributed by atoms with Crippen LogP contribution in [0, 0.1) is 16.7 Å². The molecule has 3 aliphatic rings. The predicted molar refractivity (Wildman–Crippen MR) is 68.2 cm³/mol. The summed E-state index contributed by atoms with van der Waals surface area (Å²) >= 11 is 0. The molecule has 3 atom stereocenters. The first kappa shape index (κ1) is 12.2. The number of fused-ring (bicyclic) bond motifs is 1. The normalized spacial score (nSPS) is 42.9. The molecule has 1 amide bonds. The van der Waals surface area contributed by atoms with E-state index < -0.39 is 15.9 Å². The lowest BCUT2D eigenvalue weighted by Crippen LogP contribution is -2.43. The van der Waals surface area contributed by atoms with Crippen LogP contribution in [0.1, 0.15) is 33.1 Å². The van der Waals surface area contributed by atoms with E-state index in [1.165, 1.54) is 0 Å². The molecule has 2 unspecified atom stereocenters. The Kier molecular flexibility index (Phi) is 2.16. The third-order valence-corrected chi connectivity index (χ3v) is 7.72. The third kappa shape index (κ3) is 1.12. The summed E-state index contributed by atoms with van der Waals surface area (Å²) in [6.45, 7) is 7.76. The van der Waals surface area contributed by atoms with E-state index in [1.807, 2.05) is 0 Å². The molecule has 0 aromatic rings. The second-order valence-electron chi connectivity index (χ2n) is 6.46. The Hall–Kier alpha value is -0.840. The van der Waals surface area contributed by atoms with Gasteiger partial charge in [0.25, 0.3) is 5.91 Å². The first-order valence-electron chi connectivity index (χ1n) is 6.45. The zero-order chi connectivity index (χ0) is 13.3. The smallest absolute Gasteiger partial charge is 0.259 e. The van der Waals surface area contributed by atoms with Crippen molar-refractivity contribution < 1.29 is 13.2 Å². The van der Waals surface area contributed by atoms with Gasteiger partial charge in [0.2, 0.25) is 10.0 Å². The average Bonchev–Trinajstić information content (AvgIpc) is 2.74. The average molecular weight is 269 g/mol. The number of amides is 1. The lowest BCUT2D eigenvalue weighted by atomic mass is 9.69. The fraction of sp³-hybridized carbons (Fsp3) is 0.769. The maximum atomic E-state index is 12.3. The van der Waals surface area contributed by atoms with E-state index in [4.69, 9.17) is 0 Å². The molecule has 1 aliphatic heterocycles. The molecular weight excluding hydrogens is 250 g/mol. The number of rotatable bonds is 1. The highest BCUT2D eigenvalue weighted by Gasteiger charge is 2.72. The van der Waals surface area contributed by atoms with Gasteiger partial charge < -0.3 is 0 Å². The molecule has 0 aromatic heterocycles. The van der Waals surface area contributed by atoms with Crippen molar-refractivity contribution in [2.45, 2.75) is 39.2 Å². The Labute approximate surface area is 108 Å². The maximum Gasteiger partial charge on any atom is 0.259 e. The van der Waals surface area contributed by atoms with Crippen molar-refractivity contribution in [3.8, 4) is 0 Å². The standard InChI is InChI=1S/C13H19NO3S/c1-4-11(15)14-10-7-9-5-6-13(10,12(9,2)3)8-18(14,16)17/h4,9-10H,1,5-8H2,2-3H3/t9?,10?,13-/m0/s1. The summed E-state index contributed by atoms with van der Waals surface area (Å²) in [5.41, 5.74) is -0.212. The van der Waals surface area contributed by atoms with Gasteiger partial charge in [-0.2, -0.15) is 0 Å². The summed E-state index contributed by atoms with van der Waals surface area (Å²) in [4.78, 5) is 11.9. The van der Waals surface area contributed by atoms with Crippen LogP contribution in [-0.2, 0) is 14.8 Å². The molecule has 1 saturated heterocycles. The minimum Gasteiger partial charge on any atom is -0.269 e. The van der Waals surface area contributed by atoms with E-state index in [2.05, 4.69) is 20.4 Å². The Balaban J connectivity index is 2.14. The van der Waals surface area contributed by atoms with Crippen molar-refractivity contribution in [1.82, 2.24) is 4.31 Å². The molecule has 0 aromatic carbocycles. The second kappa shape index (κ2) is 3.18. The fourth-order valence-corrected chi connectivity index (χ4v) is 7.19. The summed E-state index contributed by atoms with van der Waals surface area (Å²) in [6.07, 6.45) is 3.96. The summed E-state index contributed by atoms with van der Waals surface area (Å²) in [5, 5.41) is 0. The monoisotopic (exact) mass is 269 g/mol.